The van der Waals surface area contributed by atoms with E-state index in [2.05, 4.69) is 23.2 Å². The Hall–Kier alpha value is -3.42. The Kier molecular flexibility index (Phi) is 4.69. The van der Waals surface area contributed by atoms with Crippen LogP contribution in [0.1, 0.15) is 30.5 Å². The first kappa shape index (κ1) is 20.5. The van der Waals surface area contributed by atoms with Gasteiger partial charge in [0, 0.05) is 17.2 Å². The molecule has 0 fully saturated rings. The van der Waals surface area contributed by atoms with Crippen LogP contribution in [0.15, 0.2) is 42.5 Å². The normalized spacial score (nSPS) is 11.8. The van der Waals surface area contributed by atoms with Gasteiger partial charge in [0.05, 0.1) is 54.5 Å². The quantitative estimate of drug-likeness (QED) is 0.332. The second-order valence-electron chi connectivity index (χ2n) is 8.42. The minimum Gasteiger partial charge on any atom is -0.390 e. The van der Waals surface area contributed by atoms with Gasteiger partial charge in [0.2, 0.25) is 0 Å². The van der Waals surface area contributed by atoms with E-state index in [0.29, 0.717) is 33.3 Å². The SMILES string of the molecule is CC(C)(O)Cc1ccc2c(c1)c1cc(Cl)sc1c1[nH]c(-c3c(C#N)cccc3C#N)nc21. The van der Waals surface area contributed by atoms with Gasteiger partial charge in [-0.05, 0) is 43.0 Å². The number of benzene rings is 3. The number of nitrogens with zero attached hydrogens (tertiary/aromatic N) is 3. The zero-order chi connectivity index (χ0) is 22.6. The van der Waals surface area contributed by atoms with Gasteiger partial charge in [0.25, 0.3) is 0 Å². The van der Waals surface area contributed by atoms with Crippen LogP contribution in [-0.4, -0.2) is 20.7 Å². The highest BCUT2D eigenvalue weighted by atomic mass is 35.5. The first-order chi connectivity index (χ1) is 15.3. The number of thiophene rings is 1. The number of nitrogens with one attached hydrogen (secondary N) is 1. The van der Waals surface area contributed by atoms with Crippen molar-refractivity contribution in [2.75, 3.05) is 0 Å². The van der Waals surface area contributed by atoms with Gasteiger partial charge < -0.3 is 10.1 Å². The molecule has 0 radical (unpaired) electrons. The number of imidazole rings is 1. The van der Waals surface area contributed by atoms with E-state index in [1.807, 2.05) is 18.2 Å². The lowest BCUT2D eigenvalue weighted by Gasteiger charge is -2.17. The molecule has 0 saturated heterocycles. The summed E-state index contributed by atoms with van der Waals surface area (Å²) in [6, 6.07) is 17.4. The predicted molar refractivity (Wildman–Crippen MR) is 129 cm³/mol. The van der Waals surface area contributed by atoms with Gasteiger partial charge in [-0.3, -0.25) is 0 Å². The maximum absolute atomic E-state index is 10.3. The fourth-order valence-corrected chi connectivity index (χ4v) is 5.46. The lowest BCUT2D eigenvalue weighted by Crippen LogP contribution is -2.21. The van der Waals surface area contributed by atoms with Crippen molar-refractivity contribution in [3.05, 3.63) is 63.5 Å². The van der Waals surface area contributed by atoms with Crippen LogP contribution in [0.5, 0.6) is 0 Å². The Labute approximate surface area is 193 Å². The highest BCUT2D eigenvalue weighted by Crippen LogP contribution is 2.42. The maximum Gasteiger partial charge on any atom is 0.141 e. The number of aromatic nitrogens is 2. The van der Waals surface area contributed by atoms with E-state index in [1.165, 1.54) is 11.3 Å². The molecule has 2 heterocycles. The molecule has 7 heteroatoms. The van der Waals surface area contributed by atoms with Gasteiger partial charge in [0.15, 0.2) is 0 Å². The molecule has 32 heavy (non-hydrogen) atoms. The number of aliphatic hydroxyl groups is 1. The molecule has 0 amide bonds. The van der Waals surface area contributed by atoms with E-state index >= 15 is 0 Å². The van der Waals surface area contributed by atoms with Crippen LogP contribution in [0.3, 0.4) is 0 Å². The summed E-state index contributed by atoms with van der Waals surface area (Å²) in [5, 5.41) is 32.4. The molecule has 5 rings (SSSR count). The summed E-state index contributed by atoms with van der Waals surface area (Å²) in [5.74, 6) is 0.479. The summed E-state index contributed by atoms with van der Waals surface area (Å²) in [6.07, 6.45) is 0.521. The summed E-state index contributed by atoms with van der Waals surface area (Å²) < 4.78 is 1.62. The molecule has 0 bridgehead atoms. The minimum absolute atomic E-state index is 0.389. The molecule has 0 spiro atoms. The van der Waals surface area contributed by atoms with E-state index in [4.69, 9.17) is 16.6 Å². The van der Waals surface area contributed by atoms with E-state index < -0.39 is 5.60 Å². The summed E-state index contributed by atoms with van der Waals surface area (Å²) in [5.41, 5.74) is 3.05. The lowest BCUT2D eigenvalue weighted by atomic mass is 9.95. The molecule has 5 nitrogen and oxygen atoms in total. The van der Waals surface area contributed by atoms with Crippen LogP contribution in [0.2, 0.25) is 4.34 Å². The Bertz CT molecular complexity index is 1590. The van der Waals surface area contributed by atoms with Crippen LogP contribution >= 0.6 is 22.9 Å². The van der Waals surface area contributed by atoms with Crippen LogP contribution in [0, 0.1) is 22.7 Å². The van der Waals surface area contributed by atoms with Gasteiger partial charge >= 0.3 is 0 Å². The zero-order valence-corrected chi connectivity index (χ0v) is 18.9. The number of hydrogen-bond acceptors (Lipinski definition) is 5. The zero-order valence-electron chi connectivity index (χ0n) is 17.3. The standard InChI is InChI=1S/C25H17ClN4OS/c1-25(2,31)10-13-6-7-16-17(8-13)18-9-19(26)32-23(18)22-21(16)29-24(30-22)20-14(11-27)4-3-5-15(20)12-28/h3-9,31H,10H2,1-2H3,(H,29,30). The highest BCUT2D eigenvalue weighted by molar-refractivity contribution is 7.23. The molecule has 0 aliphatic rings. The van der Waals surface area contributed by atoms with Gasteiger partial charge in [-0.15, -0.1) is 11.3 Å². The fourth-order valence-electron chi connectivity index (χ4n) is 4.22. The molecule has 0 atom stereocenters. The third-order valence-electron chi connectivity index (χ3n) is 5.44. The van der Waals surface area contributed by atoms with Crippen LogP contribution in [-0.2, 0) is 6.42 Å². The van der Waals surface area contributed by atoms with Crippen LogP contribution in [0.25, 0.3) is 43.3 Å². The van der Waals surface area contributed by atoms with E-state index in [0.717, 1.165) is 37.5 Å². The van der Waals surface area contributed by atoms with E-state index in [1.54, 1.807) is 32.0 Å². The minimum atomic E-state index is -0.822. The largest absolute Gasteiger partial charge is 0.390 e. The molecule has 0 unspecified atom stereocenters. The molecule has 0 aliphatic carbocycles. The number of aromatic amines is 1. The van der Waals surface area contributed by atoms with E-state index in [9.17, 15) is 15.6 Å². The third-order valence-corrected chi connectivity index (χ3v) is 6.72. The molecule has 3 aromatic carbocycles. The molecule has 2 aromatic heterocycles. The number of fused-ring (bicyclic) bond motifs is 6. The van der Waals surface area contributed by atoms with Crippen LogP contribution < -0.4 is 0 Å². The van der Waals surface area contributed by atoms with Crippen molar-refractivity contribution in [1.82, 2.24) is 9.97 Å². The number of H-pyrrole nitrogens is 1. The van der Waals surface area contributed by atoms with Gasteiger partial charge in [-0.25, -0.2) is 4.98 Å². The average Bonchev–Trinajstić information content (AvgIpc) is 3.35. The summed E-state index contributed by atoms with van der Waals surface area (Å²) in [6.45, 7) is 3.58. The second kappa shape index (κ2) is 7.32. The molecule has 5 aromatic rings. The molecule has 0 aliphatic heterocycles. The monoisotopic (exact) mass is 456 g/mol. The van der Waals surface area contributed by atoms with Gasteiger partial charge in [-0.2, -0.15) is 10.5 Å². The predicted octanol–water partition coefficient (Wildman–Crippen LogP) is 6.31. The molecule has 0 saturated carbocycles. The lowest BCUT2D eigenvalue weighted by molar-refractivity contribution is 0.0810. The molecule has 2 N–H and O–H groups in total. The topological polar surface area (TPSA) is 96.5 Å². The van der Waals surface area contributed by atoms with Crippen molar-refractivity contribution in [2.24, 2.45) is 0 Å². The molecular weight excluding hydrogens is 440 g/mol. The highest BCUT2D eigenvalue weighted by Gasteiger charge is 2.20. The van der Waals surface area contributed by atoms with E-state index in [-0.39, 0.29) is 0 Å². The van der Waals surface area contributed by atoms with Crippen molar-refractivity contribution in [2.45, 2.75) is 25.9 Å². The summed E-state index contributed by atoms with van der Waals surface area (Å²) in [7, 11) is 0. The van der Waals surface area contributed by atoms with Gasteiger partial charge in [0.1, 0.15) is 5.82 Å². The summed E-state index contributed by atoms with van der Waals surface area (Å²) in [4.78, 5) is 8.21. The first-order valence-corrected chi connectivity index (χ1v) is 11.2. The Morgan fingerprint density at radius 3 is 2.44 bits per heavy atom. The number of hydrogen-bond donors (Lipinski definition) is 2. The first-order valence-electron chi connectivity index (χ1n) is 9.98. The van der Waals surface area contributed by atoms with Crippen molar-refractivity contribution < 1.29 is 5.11 Å². The smallest absolute Gasteiger partial charge is 0.141 e. The Morgan fingerprint density at radius 2 is 1.78 bits per heavy atom. The second-order valence-corrected chi connectivity index (χ2v) is 10.1. The maximum atomic E-state index is 10.3. The third kappa shape index (κ3) is 3.30. The average molecular weight is 457 g/mol. The number of halogens is 1. The summed E-state index contributed by atoms with van der Waals surface area (Å²) >= 11 is 7.87. The molecule has 156 valence electrons. The van der Waals surface area contributed by atoms with Gasteiger partial charge in [-0.1, -0.05) is 35.9 Å². The van der Waals surface area contributed by atoms with Crippen LogP contribution in [0.4, 0.5) is 0 Å². The van der Waals surface area contributed by atoms with Crippen molar-refractivity contribution in [1.29, 1.82) is 10.5 Å². The Morgan fingerprint density at radius 1 is 1.06 bits per heavy atom. The molecular formula is C25H17ClN4OS. The van der Waals surface area contributed by atoms with Crippen molar-refractivity contribution in [3.63, 3.8) is 0 Å². The van der Waals surface area contributed by atoms with Crippen molar-refractivity contribution >= 4 is 54.8 Å². The van der Waals surface area contributed by atoms with Crippen molar-refractivity contribution in [3.8, 4) is 23.5 Å². The number of rotatable bonds is 3. The number of nitriles is 2. The Balaban J connectivity index is 1.86. The fraction of sp³-hybridized carbons (Fsp3) is 0.160.